The second-order valence-corrected chi connectivity index (χ2v) is 6.06. The van der Waals surface area contributed by atoms with Crippen LogP contribution in [0.15, 0.2) is 72.8 Å². The number of nitrogens with zero attached hydrogens (tertiary/aromatic N) is 1. The first-order chi connectivity index (χ1) is 12.3. The highest BCUT2D eigenvalue weighted by molar-refractivity contribution is 6.36. The first kappa shape index (κ1) is 15.5. The van der Waals surface area contributed by atoms with Gasteiger partial charge in [-0.3, -0.25) is 0 Å². The van der Waals surface area contributed by atoms with Gasteiger partial charge in [0.2, 0.25) is 7.41 Å². The number of ether oxygens (including phenoxy) is 1. The molecule has 0 fully saturated rings. The van der Waals surface area contributed by atoms with Crippen LogP contribution in [0.3, 0.4) is 0 Å². The molecule has 0 saturated heterocycles. The summed E-state index contributed by atoms with van der Waals surface area (Å²) in [5.74, 6) is -0.286. The van der Waals surface area contributed by atoms with Crippen LogP contribution in [0.25, 0.3) is 21.7 Å². The molecule has 0 atom stereocenters. The van der Waals surface area contributed by atoms with Crippen molar-refractivity contribution in [3.8, 4) is 0 Å². The lowest BCUT2D eigenvalue weighted by molar-refractivity contribution is 0.0465. The third kappa shape index (κ3) is 2.80. The molecule has 0 unspecified atom stereocenters. The fraction of sp³-hybridized carbons (Fsp3) is 0.0952. The molecule has 0 spiro atoms. The van der Waals surface area contributed by atoms with E-state index in [4.69, 9.17) is 4.74 Å². The maximum atomic E-state index is 12.7. The van der Waals surface area contributed by atoms with Crippen LogP contribution in [-0.2, 0) is 11.3 Å². The topological polar surface area (TPSA) is 31.2 Å². The van der Waals surface area contributed by atoms with Crippen molar-refractivity contribution in [3.63, 3.8) is 0 Å². The number of esters is 1. The minimum atomic E-state index is -0.286. The van der Waals surface area contributed by atoms with E-state index in [2.05, 4.69) is 31.1 Å². The molecule has 0 N–H and O–H groups in total. The van der Waals surface area contributed by atoms with Crippen molar-refractivity contribution in [2.75, 3.05) is 0 Å². The molecule has 0 aliphatic rings. The quantitative estimate of drug-likeness (QED) is 0.411. The molecule has 3 nitrogen and oxygen atoms in total. The summed E-state index contributed by atoms with van der Waals surface area (Å²) < 4.78 is 7.59. The van der Waals surface area contributed by atoms with Gasteiger partial charge in [-0.2, -0.15) is 0 Å². The Balaban J connectivity index is 1.74. The van der Waals surface area contributed by atoms with Gasteiger partial charge in [-0.1, -0.05) is 73.6 Å². The summed E-state index contributed by atoms with van der Waals surface area (Å²) in [6.45, 7) is 2.33. The van der Waals surface area contributed by atoms with Gasteiger partial charge >= 0.3 is 5.97 Å². The zero-order chi connectivity index (χ0) is 17.2. The summed E-state index contributed by atoms with van der Waals surface area (Å²) >= 11 is 0. The lowest BCUT2D eigenvalue weighted by Gasteiger charge is -2.09. The van der Waals surface area contributed by atoms with Crippen LogP contribution >= 0.6 is 0 Å². The predicted octanol–water partition coefficient (Wildman–Crippen LogP) is 4.40. The lowest BCUT2D eigenvalue weighted by Crippen LogP contribution is -2.14. The standard InChI is InChI=1S/C21H18BNO2/c1-22-23-19(21(24)25-14-15-7-3-2-4-8-15)13-17-12-11-16-9-5-6-10-18(16)20(17)23/h2-13,22H,14H2,1H3. The molecule has 1 heterocycles. The molecule has 1 aromatic heterocycles. The Hall–Kier alpha value is -3.01. The largest absolute Gasteiger partial charge is 0.456 e. The second-order valence-electron chi connectivity index (χ2n) is 6.06. The van der Waals surface area contributed by atoms with E-state index in [1.165, 1.54) is 5.39 Å². The van der Waals surface area contributed by atoms with Crippen LogP contribution in [0.5, 0.6) is 0 Å². The van der Waals surface area contributed by atoms with Gasteiger partial charge in [0.1, 0.15) is 12.3 Å². The first-order valence-corrected chi connectivity index (χ1v) is 8.50. The van der Waals surface area contributed by atoms with E-state index in [9.17, 15) is 4.79 Å². The monoisotopic (exact) mass is 327 g/mol. The fourth-order valence-electron chi connectivity index (χ4n) is 3.33. The number of aromatic nitrogens is 1. The van der Waals surface area contributed by atoms with Gasteiger partial charge in [-0.25, -0.2) is 4.79 Å². The Morgan fingerprint density at radius 2 is 1.68 bits per heavy atom. The maximum Gasteiger partial charge on any atom is 0.354 e. The van der Waals surface area contributed by atoms with E-state index in [1.807, 2.05) is 53.0 Å². The van der Waals surface area contributed by atoms with Crippen molar-refractivity contribution in [1.29, 1.82) is 0 Å². The normalized spacial score (nSPS) is 10.9. The van der Waals surface area contributed by atoms with Gasteiger partial charge in [0.05, 0.1) is 0 Å². The number of benzene rings is 3. The summed E-state index contributed by atoms with van der Waals surface area (Å²) in [4.78, 5) is 12.7. The third-order valence-corrected chi connectivity index (χ3v) is 4.52. The van der Waals surface area contributed by atoms with Gasteiger partial charge < -0.3 is 9.21 Å². The summed E-state index contributed by atoms with van der Waals surface area (Å²) in [5.41, 5.74) is 2.68. The predicted molar refractivity (Wildman–Crippen MR) is 103 cm³/mol. The highest BCUT2D eigenvalue weighted by Gasteiger charge is 2.17. The number of hydrogen-bond acceptors (Lipinski definition) is 2. The molecule has 0 bridgehead atoms. The van der Waals surface area contributed by atoms with Crippen LogP contribution in [0.1, 0.15) is 16.1 Å². The number of carbonyl (C=O) groups is 1. The van der Waals surface area contributed by atoms with Crippen LogP contribution in [0.2, 0.25) is 6.82 Å². The minimum Gasteiger partial charge on any atom is -0.456 e. The van der Waals surface area contributed by atoms with Crippen molar-refractivity contribution >= 4 is 35.1 Å². The molecule has 4 heteroatoms. The van der Waals surface area contributed by atoms with Crippen molar-refractivity contribution in [1.82, 2.24) is 4.48 Å². The molecular formula is C21H18BNO2. The summed E-state index contributed by atoms with van der Waals surface area (Å²) in [5, 5.41) is 3.39. The third-order valence-electron chi connectivity index (χ3n) is 4.52. The molecule has 0 amide bonds. The van der Waals surface area contributed by atoms with Gasteiger partial charge in [-0.05, 0) is 22.4 Å². The first-order valence-electron chi connectivity index (χ1n) is 8.50. The highest BCUT2D eigenvalue weighted by atomic mass is 16.5. The van der Waals surface area contributed by atoms with E-state index in [0.717, 1.165) is 21.9 Å². The lowest BCUT2D eigenvalue weighted by atomic mass is 9.97. The van der Waals surface area contributed by atoms with E-state index in [-0.39, 0.29) is 12.6 Å². The average Bonchev–Trinajstić information content (AvgIpc) is 3.06. The van der Waals surface area contributed by atoms with Crippen molar-refractivity contribution in [3.05, 3.63) is 84.1 Å². The van der Waals surface area contributed by atoms with E-state index in [1.54, 1.807) is 0 Å². The van der Waals surface area contributed by atoms with Crippen molar-refractivity contribution in [2.24, 2.45) is 0 Å². The molecule has 0 saturated carbocycles. The molecule has 0 radical (unpaired) electrons. The Kier molecular flexibility index (Phi) is 4.02. The summed E-state index contributed by atoms with van der Waals surface area (Å²) in [6.07, 6.45) is 0. The van der Waals surface area contributed by atoms with Gasteiger partial charge in [0.15, 0.2) is 0 Å². The van der Waals surface area contributed by atoms with Crippen molar-refractivity contribution < 1.29 is 9.53 Å². The molecule has 3 aromatic carbocycles. The van der Waals surface area contributed by atoms with Crippen LogP contribution in [0, 0.1) is 0 Å². The van der Waals surface area contributed by atoms with Gasteiger partial charge in [0.25, 0.3) is 0 Å². The van der Waals surface area contributed by atoms with Crippen LogP contribution in [-0.4, -0.2) is 17.9 Å². The van der Waals surface area contributed by atoms with Crippen LogP contribution in [0.4, 0.5) is 0 Å². The van der Waals surface area contributed by atoms with Crippen LogP contribution < -0.4 is 0 Å². The number of hydrogen-bond donors (Lipinski definition) is 0. The number of rotatable bonds is 4. The van der Waals surface area contributed by atoms with E-state index in [0.29, 0.717) is 13.1 Å². The Bertz CT molecular complexity index is 1050. The molecule has 25 heavy (non-hydrogen) atoms. The molecule has 4 rings (SSSR count). The van der Waals surface area contributed by atoms with E-state index >= 15 is 0 Å². The maximum absolute atomic E-state index is 12.7. The fourth-order valence-corrected chi connectivity index (χ4v) is 3.33. The zero-order valence-corrected chi connectivity index (χ0v) is 14.1. The molecule has 4 aromatic rings. The Morgan fingerprint density at radius 1 is 0.960 bits per heavy atom. The molecule has 122 valence electrons. The van der Waals surface area contributed by atoms with Gasteiger partial charge in [-0.15, -0.1) is 0 Å². The molecule has 0 aliphatic heterocycles. The summed E-state index contributed by atoms with van der Waals surface area (Å²) in [6, 6.07) is 24.1. The van der Waals surface area contributed by atoms with Crippen molar-refractivity contribution in [2.45, 2.75) is 13.4 Å². The summed E-state index contributed by atoms with van der Waals surface area (Å²) in [7, 11) is 0.716. The SMILES string of the molecule is CBn1c(C(=O)OCc2ccccc2)cc2ccc3ccccc3c21. The highest BCUT2D eigenvalue weighted by Crippen LogP contribution is 2.28. The Labute approximate surface area is 147 Å². The Morgan fingerprint density at radius 3 is 2.48 bits per heavy atom. The average molecular weight is 327 g/mol. The van der Waals surface area contributed by atoms with Gasteiger partial charge in [0, 0.05) is 10.9 Å². The number of carbonyl (C=O) groups excluding carboxylic acids is 1. The minimum absolute atomic E-state index is 0.283. The molecule has 0 aliphatic carbocycles. The number of fused-ring (bicyclic) bond motifs is 3. The second kappa shape index (κ2) is 6.48. The van der Waals surface area contributed by atoms with E-state index < -0.39 is 0 Å². The smallest absolute Gasteiger partial charge is 0.354 e. The zero-order valence-electron chi connectivity index (χ0n) is 14.1. The molecular weight excluding hydrogens is 309 g/mol.